The lowest BCUT2D eigenvalue weighted by Gasteiger charge is -2.21. The number of nitrogens with two attached hydrogens (primary N) is 1. The molecule has 1 aromatic heterocycles. The van der Waals surface area contributed by atoms with Crippen molar-refractivity contribution in [1.82, 2.24) is 9.88 Å². The quantitative estimate of drug-likeness (QED) is 0.849. The van der Waals surface area contributed by atoms with Crippen LogP contribution in [0.15, 0.2) is 18.5 Å². The summed E-state index contributed by atoms with van der Waals surface area (Å²) in [7, 11) is 0. The minimum absolute atomic E-state index is 0.0997. The molecule has 98 valence electrons. The lowest BCUT2D eigenvalue weighted by atomic mass is 10.2. The fourth-order valence-corrected chi connectivity index (χ4v) is 1.71. The molecule has 0 radical (unpaired) electrons. The molecule has 0 spiro atoms. The average molecular weight is 270 g/mol. The lowest BCUT2D eigenvalue weighted by Crippen LogP contribution is -2.39. The van der Waals surface area contributed by atoms with Crippen LogP contribution in [0.5, 0.6) is 0 Å². The van der Waals surface area contributed by atoms with Crippen LogP contribution in [0.3, 0.4) is 0 Å². The van der Waals surface area contributed by atoms with Gasteiger partial charge >= 0.3 is 0 Å². The second kappa shape index (κ2) is 6.96. The molecule has 0 unspecified atom stereocenters. The minimum atomic E-state index is -0.537. The molecule has 0 aromatic carbocycles. The molecule has 0 saturated carbocycles. The van der Waals surface area contributed by atoms with E-state index in [1.54, 1.807) is 0 Å². The van der Waals surface area contributed by atoms with Crippen LogP contribution < -0.4 is 5.73 Å². The number of halogens is 1. The monoisotopic (exact) mass is 269 g/mol. The molecule has 0 aliphatic rings. The number of unbranched alkanes of at least 4 members (excludes halogenated alkanes) is 1. The fraction of sp³-hybridized carbons (Fsp3) is 0.417. The van der Waals surface area contributed by atoms with Crippen LogP contribution in [0.4, 0.5) is 0 Å². The number of amides is 2. The molecular weight excluding hydrogens is 254 g/mol. The molecular formula is C12H16ClN3O2. The third kappa shape index (κ3) is 4.00. The van der Waals surface area contributed by atoms with Crippen LogP contribution in [0.25, 0.3) is 0 Å². The van der Waals surface area contributed by atoms with Crippen molar-refractivity contribution in [3.8, 4) is 0 Å². The SMILES string of the molecule is CCCCN(CC(N)=O)C(=O)c1ccncc1Cl. The maximum Gasteiger partial charge on any atom is 0.255 e. The first kappa shape index (κ1) is 14.4. The highest BCUT2D eigenvalue weighted by Gasteiger charge is 2.19. The molecule has 1 heterocycles. The highest BCUT2D eigenvalue weighted by atomic mass is 35.5. The maximum absolute atomic E-state index is 12.2. The maximum atomic E-state index is 12.2. The first-order valence-corrected chi connectivity index (χ1v) is 6.11. The Morgan fingerprint density at radius 2 is 2.22 bits per heavy atom. The summed E-state index contributed by atoms with van der Waals surface area (Å²) in [6, 6.07) is 1.53. The van der Waals surface area contributed by atoms with Gasteiger partial charge in [0.1, 0.15) is 0 Å². The number of hydrogen-bond donors (Lipinski definition) is 1. The van der Waals surface area contributed by atoms with Gasteiger partial charge in [-0.15, -0.1) is 0 Å². The van der Waals surface area contributed by atoms with E-state index in [1.807, 2.05) is 6.92 Å². The van der Waals surface area contributed by atoms with Crippen LogP contribution in [0, 0.1) is 0 Å². The van der Waals surface area contributed by atoms with Crippen molar-refractivity contribution in [2.45, 2.75) is 19.8 Å². The number of carbonyl (C=O) groups excluding carboxylic acids is 2. The van der Waals surface area contributed by atoms with E-state index < -0.39 is 5.91 Å². The van der Waals surface area contributed by atoms with Gasteiger partial charge in [0.05, 0.1) is 17.1 Å². The number of hydrogen-bond acceptors (Lipinski definition) is 3. The third-order valence-corrected chi connectivity index (χ3v) is 2.72. The van der Waals surface area contributed by atoms with Crippen molar-refractivity contribution >= 4 is 23.4 Å². The zero-order valence-electron chi connectivity index (χ0n) is 10.2. The number of rotatable bonds is 6. The predicted molar refractivity (Wildman–Crippen MR) is 69.3 cm³/mol. The summed E-state index contributed by atoms with van der Waals surface area (Å²) in [5, 5.41) is 0.272. The Kier molecular flexibility index (Phi) is 5.58. The van der Waals surface area contributed by atoms with Gasteiger partial charge in [-0.05, 0) is 12.5 Å². The van der Waals surface area contributed by atoms with E-state index in [9.17, 15) is 9.59 Å². The van der Waals surface area contributed by atoms with E-state index in [4.69, 9.17) is 17.3 Å². The smallest absolute Gasteiger partial charge is 0.255 e. The van der Waals surface area contributed by atoms with Gasteiger partial charge in [-0.1, -0.05) is 24.9 Å². The Balaban J connectivity index is 2.87. The molecule has 0 aliphatic heterocycles. The summed E-state index contributed by atoms with van der Waals surface area (Å²) >= 11 is 5.91. The van der Waals surface area contributed by atoms with Crippen molar-refractivity contribution in [2.24, 2.45) is 5.73 Å². The van der Waals surface area contributed by atoms with E-state index in [-0.39, 0.29) is 17.5 Å². The summed E-state index contributed by atoms with van der Waals surface area (Å²) in [5.74, 6) is -0.834. The Morgan fingerprint density at radius 3 is 2.78 bits per heavy atom. The van der Waals surface area contributed by atoms with Crippen molar-refractivity contribution < 1.29 is 9.59 Å². The van der Waals surface area contributed by atoms with E-state index in [0.29, 0.717) is 12.1 Å². The van der Waals surface area contributed by atoms with Gasteiger partial charge in [-0.25, -0.2) is 0 Å². The normalized spacial score (nSPS) is 10.1. The second-order valence-corrected chi connectivity index (χ2v) is 4.31. The highest BCUT2D eigenvalue weighted by molar-refractivity contribution is 6.33. The standard InChI is InChI=1S/C12H16ClN3O2/c1-2-3-6-16(8-11(14)17)12(18)9-4-5-15-7-10(9)13/h4-5,7H,2-3,6,8H2,1H3,(H2,14,17). The molecule has 0 bridgehead atoms. The molecule has 0 fully saturated rings. The van der Waals surface area contributed by atoms with Crippen LogP contribution >= 0.6 is 11.6 Å². The molecule has 18 heavy (non-hydrogen) atoms. The number of carbonyl (C=O) groups is 2. The molecule has 0 atom stereocenters. The fourth-order valence-electron chi connectivity index (χ4n) is 1.51. The largest absolute Gasteiger partial charge is 0.368 e. The number of primary amides is 1. The van der Waals surface area contributed by atoms with E-state index in [0.717, 1.165) is 12.8 Å². The van der Waals surface area contributed by atoms with E-state index >= 15 is 0 Å². The molecule has 5 nitrogen and oxygen atoms in total. The molecule has 1 aromatic rings. The Labute approximate surface area is 111 Å². The topological polar surface area (TPSA) is 76.3 Å². The zero-order valence-corrected chi connectivity index (χ0v) is 11.0. The van der Waals surface area contributed by atoms with Gasteiger partial charge in [0.15, 0.2) is 0 Å². The Hall–Kier alpha value is -1.62. The number of aromatic nitrogens is 1. The van der Waals surface area contributed by atoms with Gasteiger partial charge < -0.3 is 10.6 Å². The van der Waals surface area contributed by atoms with Crippen LogP contribution in [0.1, 0.15) is 30.1 Å². The van der Waals surface area contributed by atoms with Crippen LogP contribution in [-0.2, 0) is 4.79 Å². The van der Waals surface area contributed by atoms with Gasteiger partial charge in [-0.2, -0.15) is 0 Å². The number of nitrogens with zero attached hydrogens (tertiary/aromatic N) is 2. The molecule has 2 amide bonds. The van der Waals surface area contributed by atoms with E-state index in [2.05, 4.69) is 4.98 Å². The van der Waals surface area contributed by atoms with Crippen LogP contribution in [-0.4, -0.2) is 34.8 Å². The molecule has 0 saturated heterocycles. The van der Waals surface area contributed by atoms with Crippen LogP contribution in [0.2, 0.25) is 5.02 Å². The third-order valence-electron chi connectivity index (χ3n) is 2.42. The predicted octanol–water partition coefficient (Wildman–Crippen LogP) is 1.46. The van der Waals surface area contributed by atoms with Gasteiger partial charge in [0.25, 0.3) is 5.91 Å². The average Bonchev–Trinajstić information content (AvgIpc) is 2.34. The van der Waals surface area contributed by atoms with Gasteiger partial charge in [-0.3, -0.25) is 14.6 Å². The molecule has 1 rings (SSSR count). The highest BCUT2D eigenvalue weighted by Crippen LogP contribution is 2.16. The van der Waals surface area contributed by atoms with Gasteiger partial charge in [0.2, 0.25) is 5.91 Å². The Morgan fingerprint density at radius 1 is 1.50 bits per heavy atom. The molecule has 2 N–H and O–H groups in total. The molecule has 6 heteroatoms. The Bertz CT molecular complexity index is 437. The van der Waals surface area contributed by atoms with Gasteiger partial charge in [0, 0.05) is 18.9 Å². The second-order valence-electron chi connectivity index (χ2n) is 3.90. The van der Waals surface area contributed by atoms with Crippen molar-refractivity contribution in [2.75, 3.05) is 13.1 Å². The summed E-state index contributed by atoms with van der Waals surface area (Å²) in [6.45, 7) is 2.39. The molecule has 0 aliphatic carbocycles. The summed E-state index contributed by atoms with van der Waals surface area (Å²) in [5.41, 5.74) is 5.48. The lowest BCUT2D eigenvalue weighted by molar-refractivity contribution is -0.118. The minimum Gasteiger partial charge on any atom is -0.368 e. The summed E-state index contributed by atoms with van der Waals surface area (Å²) in [4.78, 5) is 28.4. The first-order valence-electron chi connectivity index (χ1n) is 5.73. The van der Waals surface area contributed by atoms with Crippen molar-refractivity contribution in [3.05, 3.63) is 29.0 Å². The van der Waals surface area contributed by atoms with E-state index in [1.165, 1.54) is 23.4 Å². The van der Waals surface area contributed by atoms with Crippen molar-refractivity contribution in [3.63, 3.8) is 0 Å². The first-order chi connectivity index (χ1) is 8.56. The zero-order chi connectivity index (χ0) is 13.5. The number of pyridine rings is 1. The van der Waals surface area contributed by atoms with Crippen molar-refractivity contribution in [1.29, 1.82) is 0 Å². The summed E-state index contributed by atoms with van der Waals surface area (Å²) in [6.07, 6.45) is 4.62. The summed E-state index contributed by atoms with van der Waals surface area (Å²) < 4.78 is 0.